The standard InChI is InChI=1S/C12H21N/c1-5-11(6-2)12-7-8-13(9-12)10(3)4/h5-6,10,12H,1,7-9H2,2-4H3/b11-6+. The van der Waals surface area contributed by atoms with Crippen molar-refractivity contribution in [1.29, 1.82) is 0 Å². The van der Waals surface area contributed by atoms with E-state index in [1.54, 1.807) is 0 Å². The lowest BCUT2D eigenvalue weighted by Gasteiger charge is -2.20. The molecular formula is C12H21N. The molecule has 1 heterocycles. The highest BCUT2D eigenvalue weighted by molar-refractivity contribution is 5.20. The van der Waals surface area contributed by atoms with Crippen LogP contribution < -0.4 is 0 Å². The molecule has 0 aromatic heterocycles. The molecular weight excluding hydrogens is 158 g/mol. The first-order valence-corrected chi connectivity index (χ1v) is 5.21. The van der Waals surface area contributed by atoms with Crippen LogP contribution in [0.5, 0.6) is 0 Å². The van der Waals surface area contributed by atoms with Crippen molar-refractivity contribution in [3.05, 3.63) is 24.3 Å². The molecule has 1 rings (SSSR count). The molecule has 1 heteroatoms. The summed E-state index contributed by atoms with van der Waals surface area (Å²) in [5.41, 5.74) is 1.42. The fourth-order valence-electron chi connectivity index (χ4n) is 2.05. The van der Waals surface area contributed by atoms with E-state index < -0.39 is 0 Å². The molecule has 1 atom stereocenters. The second-order valence-corrected chi connectivity index (χ2v) is 4.07. The van der Waals surface area contributed by atoms with Crippen molar-refractivity contribution >= 4 is 0 Å². The maximum absolute atomic E-state index is 3.86. The summed E-state index contributed by atoms with van der Waals surface area (Å²) < 4.78 is 0. The van der Waals surface area contributed by atoms with Gasteiger partial charge in [-0.2, -0.15) is 0 Å². The lowest BCUT2D eigenvalue weighted by molar-refractivity contribution is 0.269. The van der Waals surface area contributed by atoms with Crippen LogP contribution in [0.2, 0.25) is 0 Å². The molecule has 1 aliphatic heterocycles. The average molecular weight is 179 g/mol. The SMILES string of the molecule is C=C/C(=C\C)C1CCN(C(C)C)C1. The van der Waals surface area contributed by atoms with E-state index in [-0.39, 0.29) is 0 Å². The first-order chi connectivity index (χ1) is 6.19. The van der Waals surface area contributed by atoms with Gasteiger partial charge in [0.25, 0.3) is 0 Å². The Morgan fingerprint density at radius 3 is 2.62 bits per heavy atom. The van der Waals surface area contributed by atoms with Crippen molar-refractivity contribution in [2.24, 2.45) is 5.92 Å². The van der Waals surface area contributed by atoms with Crippen LogP contribution in [0.3, 0.4) is 0 Å². The number of rotatable bonds is 3. The van der Waals surface area contributed by atoms with Gasteiger partial charge in [-0.25, -0.2) is 0 Å². The molecule has 0 aromatic rings. The Labute approximate surface area is 82.1 Å². The fourth-order valence-corrected chi connectivity index (χ4v) is 2.05. The summed E-state index contributed by atoms with van der Waals surface area (Å²) in [7, 11) is 0. The Balaban J connectivity index is 2.54. The second-order valence-electron chi connectivity index (χ2n) is 4.07. The molecule has 0 aliphatic carbocycles. The molecule has 1 unspecified atom stereocenters. The third-order valence-corrected chi connectivity index (χ3v) is 2.99. The van der Waals surface area contributed by atoms with E-state index in [2.05, 4.69) is 38.3 Å². The van der Waals surface area contributed by atoms with Crippen LogP contribution in [0.4, 0.5) is 0 Å². The van der Waals surface area contributed by atoms with Gasteiger partial charge in [0, 0.05) is 12.6 Å². The van der Waals surface area contributed by atoms with Gasteiger partial charge in [-0.05, 0) is 45.2 Å². The topological polar surface area (TPSA) is 3.24 Å². The Morgan fingerprint density at radius 2 is 2.23 bits per heavy atom. The third kappa shape index (κ3) is 2.44. The maximum Gasteiger partial charge on any atom is 0.00533 e. The largest absolute Gasteiger partial charge is 0.300 e. The van der Waals surface area contributed by atoms with Crippen LogP contribution in [0.25, 0.3) is 0 Å². The fraction of sp³-hybridized carbons (Fsp3) is 0.667. The maximum atomic E-state index is 3.86. The van der Waals surface area contributed by atoms with Crippen molar-refractivity contribution in [1.82, 2.24) is 4.90 Å². The molecule has 0 amide bonds. The average Bonchev–Trinajstić information content (AvgIpc) is 2.56. The van der Waals surface area contributed by atoms with Gasteiger partial charge in [0.2, 0.25) is 0 Å². The summed E-state index contributed by atoms with van der Waals surface area (Å²) in [6.45, 7) is 13.0. The molecule has 1 aliphatic rings. The molecule has 0 spiro atoms. The minimum Gasteiger partial charge on any atom is -0.300 e. The van der Waals surface area contributed by atoms with E-state index in [1.807, 2.05) is 6.08 Å². The third-order valence-electron chi connectivity index (χ3n) is 2.99. The van der Waals surface area contributed by atoms with Gasteiger partial charge < -0.3 is 4.90 Å². The van der Waals surface area contributed by atoms with Crippen molar-refractivity contribution in [3.8, 4) is 0 Å². The number of hydrogen-bond acceptors (Lipinski definition) is 1. The molecule has 0 saturated carbocycles. The minimum absolute atomic E-state index is 0.688. The summed E-state index contributed by atoms with van der Waals surface area (Å²) >= 11 is 0. The zero-order valence-electron chi connectivity index (χ0n) is 9.09. The van der Waals surface area contributed by atoms with Gasteiger partial charge in [0.05, 0.1) is 0 Å². The first-order valence-electron chi connectivity index (χ1n) is 5.21. The highest BCUT2D eigenvalue weighted by atomic mass is 15.2. The van der Waals surface area contributed by atoms with Crippen molar-refractivity contribution in [2.75, 3.05) is 13.1 Å². The summed E-state index contributed by atoms with van der Waals surface area (Å²) in [5, 5.41) is 0. The molecule has 0 N–H and O–H groups in total. The lowest BCUT2D eigenvalue weighted by Crippen LogP contribution is -2.28. The zero-order chi connectivity index (χ0) is 9.84. The van der Waals surface area contributed by atoms with Crippen LogP contribution in [-0.4, -0.2) is 24.0 Å². The van der Waals surface area contributed by atoms with E-state index in [0.29, 0.717) is 6.04 Å². The van der Waals surface area contributed by atoms with E-state index in [9.17, 15) is 0 Å². The predicted octanol–water partition coefficient (Wildman–Crippen LogP) is 2.85. The van der Waals surface area contributed by atoms with Crippen LogP contribution in [-0.2, 0) is 0 Å². The van der Waals surface area contributed by atoms with Crippen LogP contribution in [0, 0.1) is 5.92 Å². The Hall–Kier alpha value is -0.560. The molecule has 13 heavy (non-hydrogen) atoms. The number of allylic oxidation sites excluding steroid dienone is 2. The summed E-state index contributed by atoms with van der Waals surface area (Å²) in [4.78, 5) is 2.54. The zero-order valence-corrected chi connectivity index (χ0v) is 9.09. The quantitative estimate of drug-likeness (QED) is 0.602. The van der Waals surface area contributed by atoms with Crippen molar-refractivity contribution < 1.29 is 0 Å². The smallest absolute Gasteiger partial charge is 0.00533 e. The second kappa shape index (κ2) is 4.61. The molecule has 1 saturated heterocycles. The van der Waals surface area contributed by atoms with Crippen LogP contribution in [0.15, 0.2) is 24.3 Å². The molecule has 0 radical (unpaired) electrons. The summed E-state index contributed by atoms with van der Waals surface area (Å²) in [6, 6.07) is 0.688. The van der Waals surface area contributed by atoms with E-state index >= 15 is 0 Å². The Kier molecular flexibility index (Phi) is 3.73. The van der Waals surface area contributed by atoms with Crippen LogP contribution in [0.1, 0.15) is 27.2 Å². The number of likely N-dealkylation sites (tertiary alicyclic amines) is 1. The summed E-state index contributed by atoms with van der Waals surface area (Å²) in [6.07, 6.45) is 5.50. The van der Waals surface area contributed by atoms with Gasteiger partial charge in [-0.15, -0.1) is 0 Å². The molecule has 74 valence electrons. The van der Waals surface area contributed by atoms with Gasteiger partial charge in [-0.1, -0.05) is 18.7 Å². The molecule has 0 aromatic carbocycles. The van der Waals surface area contributed by atoms with Crippen LogP contribution >= 0.6 is 0 Å². The highest BCUT2D eigenvalue weighted by Crippen LogP contribution is 2.25. The monoisotopic (exact) mass is 179 g/mol. The van der Waals surface area contributed by atoms with Crippen molar-refractivity contribution in [2.45, 2.75) is 33.2 Å². The molecule has 1 nitrogen and oxygen atoms in total. The van der Waals surface area contributed by atoms with E-state index in [4.69, 9.17) is 0 Å². The van der Waals surface area contributed by atoms with Gasteiger partial charge in [0.1, 0.15) is 0 Å². The van der Waals surface area contributed by atoms with Gasteiger partial charge >= 0.3 is 0 Å². The molecule has 1 fully saturated rings. The van der Waals surface area contributed by atoms with Gasteiger partial charge in [0.15, 0.2) is 0 Å². The van der Waals surface area contributed by atoms with Crippen molar-refractivity contribution in [3.63, 3.8) is 0 Å². The Bertz CT molecular complexity index is 203. The summed E-state index contributed by atoms with van der Waals surface area (Å²) in [5.74, 6) is 0.727. The first kappa shape index (κ1) is 10.5. The normalized spacial score (nSPS) is 25.5. The van der Waals surface area contributed by atoms with E-state index in [1.165, 1.54) is 25.1 Å². The minimum atomic E-state index is 0.688. The van der Waals surface area contributed by atoms with Gasteiger partial charge in [-0.3, -0.25) is 0 Å². The lowest BCUT2D eigenvalue weighted by atomic mass is 9.98. The Morgan fingerprint density at radius 1 is 1.54 bits per heavy atom. The highest BCUT2D eigenvalue weighted by Gasteiger charge is 2.25. The predicted molar refractivity (Wildman–Crippen MR) is 58.8 cm³/mol. The van der Waals surface area contributed by atoms with E-state index in [0.717, 1.165) is 5.92 Å². The number of hydrogen-bond donors (Lipinski definition) is 0. The molecule has 0 bridgehead atoms. The number of nitrogens with zero attached hydrogens (tertiary/aromatic N) is 1.